The highest BCUT2D eigenvalue weighted by Gasteiger charge is 2.29. The summed E-state index contributed by atoms with van der Waals surface area (Å²) in [5.74, 6) is -0.405. The Kier molecular flexibility index (Phi) is 5.50. The number of thioether (sulfide) groups is 1. The molecule has 2 atom stereocenters. The summed E-state index contributed by atoms with van der Waals surface area (Å²) >= 11 is 7.30. The zero-order valence-electron chi connectivity index (χ0n) is 14.0. The van der Waals surface area contributed by atoms with E-state index in [9.17, 15) is 9.59 Å². The van der Waals surface area contributed by atoms with E-state index in [0.29, 0.717) is 16.3 Å². The van der Waals surface area contributed by atoms with Crippen LogP contribution in [0.3, 0.4) is 0 Å². The average Bonchev–Trinajstić information content (AvgIpc) is 2.62. The van der Waals surface area contributed by atoms with Crippen molar-refractivity contribution >= 4 is 40.9 Å². The number of nitrogens with zero attached hydrogens (tertiary/aromatic N) is 1. The second kappa shape index (κ2) is 7.81. The first-order valence-corrected chi connectivity index (χ1v) is 9.28. The fraction of sp³-hybridized carbons (Fsp3) is 0.211. The summed E-state index contributed by atoms with van der Waals surface area (Å²) in [6.45, 7) is 1.87. The molecule has 0 aliphatic carbocycles. The highest BCUT2D eigenvalue weighted by Crippen LogP contribution is 2.38. The van der Waals surface area contributed by atoms with Gasteiger partial charge in [0, 0.05) is 16.3 Å². The zero-order valence-corrected chi connectivity index (χ0v) is 15.5. The SMILES string of the molecule is CC(NC(=O)CC1Sc2ccc(Cl)cc2NC1=O)c1ccc(C#N)cc1. The number of hydrogen-bond donors (Lipinski definition) is 2. The van der Waals surface area contributed by atoms with Gasteiger partial charge in [0.1, 0.15) is 0 Å². The predicted octanol–water partition coefficient (Wildman–Crippen LogP) is 3.89. The van der Waals surface area contributed by atoms with Crippen molar-refractivity contribution in [1.29, 1.82) is 5.26 Å². The van der Waals surface area contributed by atoms with Crippen LogP contribution in [0.4, 0.5) is 5.69 Å². The van der Waals surface area contributed by atoms with Crippen LogP contribution in [0.5, 0.6) is 0 Å². The Morgan fingerprint density at radius 1 is 1.35 bits per heavy atom. The Morgan fingerprint density at radius 2 is 2.08 bits per heavy atom. The molecule has 1 heterocycles. The summed E-state index contributed by atoms with van der Waals surface area (Å²) in [5.41, 5.74) is 2.15. The molecule has 3 rings (SSSR count). The molecule has 5 nitrogen and oxygen atoms in total. The number of nitrogens with one attached hydrogen (secondary N) is 2. The highest BCUT2D eigenvalue weighted by atomic mass is 35.5. The third-order valence-electron chi connectivity index (χ3n) is 4.05. The third-order valence-corrected chi connectivity index (χ3v) is 5.56. The van der Waals surface area contributed by atoms with E-state index in [4.69, 9.17) is 16.9 Å². The minimum absolute atomic E-state index is 0.0825. The lowest BCUT2D eigenvalue weighted by molar-refractivity contribution is -0.124. The van der Waals surface area contributed by atoms with Crippen molar-refractivity contribution in [2.24, 2.45) is 0 Å². The van der Waals surface area contributed by atoms with Crippen LogP contribution >= 0.6 is 23.4 Å². The molecule has 2 N–H and O–H groups in total. The molecule has 26 heavy (non-hydrogen) atoms. The molecule has 0 saturated carbocycles. The van der Waals surface area contributed by atoms with Gasteiger partial charge in [0.15, 0.2) is 0 Å². The molecular formula is C19H16ClN3O2S. The summed E-state index contributed by atoms with van der Waals surface area (Å²) in [5, 5.41) is 14.6. The maximum absolute atomic E-state index is 12.4. The molecule has 0 fully saturated rings. The average molecular weight is 386 g/mol. The smallest absolute Gasteiger partial charge is 0.238 e. The fourth-order valence-electron chi connectivity index (χ4n) is 2.66. The zero-order chi connectivity index (χ0) is 18.7. The van der Waals surface area contributed by atoms with Gasteiger partial charge in [-0.15, -0.1) is 11.8 Å². The number of carbonyl (C=O) groups excluding carboxylic acids is 2. The molecule has 2 aromatic rings. The Morgan fingerprint density at radius 3 is 2.77 bits per heavy atom. The van der Waals surface area contributed by atoms with Crippen LogP contribution in [0.2, 0.25) is 5.02 Å². The standard InChI is InChI=1S/C19H16ClN3O2S/c1-11(13-4-2-12(10-21)3-5-13)22-18(24)9-17-19(25)23-15-8-14(20)6-7-16(15)26-17/h2-8,11,17H,9H2,1H3,(H,22,24)(H,23,25). The van der Waals surface area contributed by atoms with E-state index >= 15 is 0 Å². The summed E-state index contributed by atoms with van der Waals surface area (Å²) in [6.07, 6.45) is 0.0825. The minimum Gasteiger partial charge on any atom is -0.350 e. The second-order valence-corrected chi connectivity index (χ2v) is 7.64. The van der Waals surface area contributed by atoms with Gasteiger partial charge in [-0.2, -0.15) is 5.26 Å². The van der Waals surface area contributed by atoms with Gasteiger partial charge >= 0.3 is 0 Å². The van der Waals surface area contributed by atoms with E-state index in [1.54, 1.807) is 24.3 Å². The van der Waals surface area contributed by atoms with E-state index in [1.807, 2.05) is 25.1 Å². The Labute approximate surface area is 160 Å². The molecule has 132 valence electrons. The quantitative estimate of drug-likeness (QED) is 0.836. The number of carbonyl (C=O) groups is 2. The molecule has 2 aromatic carbocycles. The molecule has 2 amide bonds. The predicted molar refractivity (Wildman–Crippen MR) is 102 cm³/mol. The fourth-order valence-corrected chi connectivity index (χ4v) is 3.92. The maximum atomic E-state index is 12.4. The molecule has 0 spiro atoms. The lowest BCUT2D eigenvalue weighted by Gasteiger charge is -2.24. The molecule has 0 aromatic heterocycles. The summed E-state index contributed by atoms with van der Waals surface area (Å²) in [7, 11) is 0. The first kappa shape index (κ1) is 18.3. The van der Waals surface area contributed by atoms with E-state index in [1.165, 1.54) is 11.8 Å². The van der Waals surface area contributed by atoms with Gasteiger partial charge in [0.2, 0.25) is 11.8 Å². The van der Waals surface area contributed by atoms with E-state index < -0.39 is 5.25 Å². The van der Waals surface area contributed by atoms with Gasteiger partial charge in [-0.25, -0.2) is 0 Å². The van der Waals surface area contributed by atoms with Gasteiger partial charge in [0.05, 0.1) is 28.6 Å². The topological polar surface area (TPSA) is 82.0 Å². The number of nitriles is 1. The van der Waals surface area contributed by atoms with Crippen LogP contribution in [0.25, 0.3) is 0 Å². The van der Waals surface area contributed by atoms with E-state index in [2.05, 4.69) is 16.7 Å². The molecular weight excluding hydrogens is 370 g/mol. The first-order valence-electron chi connectivity index (χ1n) is 8.03. The minimum atomic E-state index is -0.489. The van der Waals surface area contributed by atoms with Crippen LogP contribution in [0, 0.1) is 11.3 Å². The van der Waals surface area contributed by atoms with Crippen LogP contribution in [-0.4, -0.2) is 17.1 Å². The largest absolute Gasteiger partial charge is 0.350 e. The lowest BCUT2D eigenvalue weighted by Crippen LogP contribution is -2.35. The summed E-state index contributed by atoms with van der Waals surface area (Å²) in [6, 6.07) is 14.2. The highest BCUT2D eigenvalue weighted by molar-refractivity contribution is 8.01. The number of anilines is 1. The van der Waals surface area contributed by atoms with Crippen LogP contribution < -0.4 is 10.6 Å². The van der Waals surface area contributed by atoms with Crippen molar-refractivity contribution in [2.75, 3.05) is 5.32 Å². The lowest BCUT2D eigenvalue weighted by atomic mass is 10.1. The van der Waals surface area contributed by atoms with Crippen molar-refractivity contribution in [3.63, 3.8) is 0 Å². The van der Waals surface area contributed by atoms with E-state index in [-0.39, 0.29) is 24.3 Å². The second-order valence-electron chi connectivity index (χ2n) is 5.96. The van der Waals surface area contributed by atoms with Crippen LogP contribution in [0.1, 0.15) is 30.5 Å². The number of amides is 2. The van der Waals surface area contributed by atoms with Gasteiger partial charge < -0.3 is 10.6 Å². The maximum Gasteiger partial charge on any atom is 0.238 e. The van der Waals surface area contributed by atoms with Crippen molar-refractivity contribution in [3.05, 3.63) is 58.6 Å². The monoisotopic (exact) mass is 385 g/mol. The van der Waals surface area contributed by atoms with Crippen molar-refractivity contribution in [1.82, 2.24) is 5.32 Å². The Bertz CT molecular complexity index is 893. The van der Waals surface area contributed by atoms with Gasteiger partial charge in [-0.1, -0.05) is 23.7 Å². The first-order chi connectivity index (χ1) is 12.5. The van der Waals surface area contributed by atoms with Crippen molar-refractivity contribution in [3.8, 4) is 6.07 Å². The number of halogens is 1. The number of benzene rings is 2. The van der Waals surface area contributed by atoms with Gasteiger partial charge in [-0.3, -0.25) is 9.59 Å². The third kappa shape index (κ3) is 4.18. The summed E-state index contributed by atoms with van der Waals surface area (Å²) in [4.78, 5) is 25.5. The van der Waals surface area contributed by atoms with Crippen molar-refractivity contribution in [2.45, 2.75) is 29.5 Å². The van der Waals surface area contributed by atoms with Crippen LogP contribution in [-0.2, 0) is 9.59 Å². The molecule has 0 radical (unpaired) electrons. The molecule has 7 heteroatoms. The molecule has 2 unspecified atom stereocenters. The number of fused-ring (bicyclic) bond motifs is 1. The van der Waals surface area contributed by atoms with Gasteiger partial charge in [-0.05, 0) is 42.8 Å². The molecule has 0 bridgehead atoms. The van der Waals surface area contributed by atoms with Gasteiger partial charge in [0.25, 0.3) is 0 Å². The molecule has 0 saturated heterocycles. The summed E-state index contributed by atoms with van der Waals surface area (Å²) < 4.78 is 0. The normalized spacial score (nSPS) is 16.8. The molecule has 1 aliphatic heterocycles. The van der Waals surface area contributed by atoms with Crippen molar-refractivity contribution < 1.29 is 9.59 Å². The number of rotatable bonds is 4. The van der Waals surface area contributed by atoms with Crippen LogP contribution in [0.15, 0.2) is 47.4 Å². The Balaban J connectivity index is 1.61. The Hall–Kier alpha value is -2.49. The molecule has 1 aliphatic rings. The van der Waals surface area contributed by atoms with E-state index in [0.717, 1.165) is 10.5 Å². The number of hydrogen-bond acceptors (Lipinski definition) is 4.